The number of aromatic nitrogens is 1. The predicted octanol–water partition coefficient (Wildman–Crippen LogP) is 2.29. The first-order valence-corrected chi connectivity index (χ1v) is 5.77. The molecule has 15 heavy (non-hydrogen) atoms. The molecule has 0 amide bonds. The van der Waals surface area contributed by atoms with Crippen molar-refractivity contribution in [3.05, 3.63) is 18.2 Å². The number of piperidine rings is 1. The van der Waals surface area contributed by atoms with Crippen LogP contribution in [0, 0.1) is 5.92 Å². The van der Waals surface area contributed by atoms with Crippen LogP contribution < -0.4 is 10.6 Å². The molecule has 1 aliphatic rings. The third kappa shape index (κ3) is 2.41. The van der Waals surface area contributed by atoms with Crippen LogP contribution in [-0.2, 0) is 0 Å². The maximum atomic E-state index is 5.69. The molecule has 1 aromatic rings. The van der Waals surface area contributed by atoms with Crippen molar-refractivity contribution in [1.29, 1.82) is 0 Å². The lowest BCUT2D eigenvalue weighted by Crippen LogP contribution is -2.35. The Bertz CT molecular complexity index is 324. The Labute approximate surface area is 91.3 Å². The zero-order chi connectivity index (χ0) is 10.7. The summed E-state index contributed by atoms with van der Waals surface area (Å²) in [4.78, 5) is 6.72. The van der Waals surface area contributed by atoms with Gasteiger partial charge >= 0.3 is 0 Å². The van der Waals surface area contributed by atoms with Crippen molar-refractivity contribution in [2.24, 2.45) is 5.92 Å². The van der Waals surface area contributed by atoms with Gasteiger partial charge in [-0.15, -0.1) is 0 Å². The largest absolute Gasteiger partial charge is 0.384 e. The minimum atomic E-state index is 0.617. The van der Waals surface area contributed by atoms with Crippen LogP contribution in [0.15, 0.2) is 18.2 Å². The molecular formula is C12H19N3. The summed E-state index contributed by atoms with van der Waals surface area (Å²) in [5.41, 5.74) is 5.69. The van der Waals surface area contributed by atoms with Crippen LogP contribution >= 0.6 is 0 Å². The van der Waals surface area contributed by atoms with E-state index in [-0.39, 0.29) is 0 Å². The van der Waals surface area contributed by atoms with Gasteiger partial charge in [0.1, 0.15) is 11.6 Å². The summed E-state index contributed by atoms with van der Waals surface area (Å²) in [5.74, 6) is 2.47. The van der Waals surface area contributed by atoms with E-state index >= 15 is 0 Å². The molecule has 0 aromatic carbocycles. The zero-order valence-electron chi connectivity index (χ0n) is 9.32. The van der Waals surface area contributed by atoms with Gasteiger partial charge in [-0.05, 0) is 30.9 Å². The molecule has 2 rings (SSSR count). The molecule has 0 radical (unpaired) electrons. The van der Waals surface area contributed by atoms with E-state index in [1.54, 1.807) is 0 Å². The monoisotopic (exact) mass is 205 g/mol. The highest BCUT2D eigenvalue weighted by Gasteiger charge is 2.19. The molecule has 1 aliphatic heterocycles. The van der Waals surface area contributed by atoms with Gasteiger partial charge in [0, 0.05) is 13.1 Å². The average molecular weight is 205 g/mol. The fraction of sp³-hybridized carbons (Fsp3) is 0.583. The molecule has 0 saturated carbocycles. The SMILES string of the molecule is CCC1CCCN(c2cccc(N)n2)C1. The lowest BCUT2D eigenvalue weighted by molar-refractivity contribution is 0.403. The van der Waals surface area contributed by atoms with Gasteiger partial charge in [0.15, 0.2) is 0 Å². The third-order valence-electron chi connectivity index (χ3n) is 3.18. The van der Waals surface area contributed by atoms with E-state index in [1.807, 2.05) is 12.1 Å². The minimum Gasteiger partial charge on any atom is -0.384 e. The lowest BCUT2D eigenvalue weighted by Gasteiger charge is -2.33. The Morgan fingerprint density at radius 2 is 2.40 bits per heavy atom. The van der Waals surface area contributed by atoms with Crippen molar-refractivity contribution in [2.45, 2.75) is 26.2 Å². The van der Waals surface area contributed by atoms with E-state index < -0.39 is 0 Å². The molecule has 1 saturated heterocycles. The third-order valence-corrected chi connectivity index (χ3v) is 3.18. The Hall–Kier alpha value is -1.25. The number of nitrogen functional groups attached to an aromatic ring is 1. The predicted molar refractivity (Wildman–Crippen MR) is 63.9 cm³/mol. The van der Waals surface area contributed by atoms with Crippen LogP contribution in [0.3, 0.4) is 0 Å². The van der Waals surface area contributed by atoms with Gasteiger partial charge in [-0.1, -0.05) is 19.4 Å². The number of rotatable bonds is 2. The first-order valence-electron chi connectivity index (χ1n) is 5.77. The molecule has 2 N–H and O–H groups in total. The summed E-state index contributed by atoms with van der Waals surface area (Å²) < 4.78 is 0. The number of anilines is 2. The van der Waals surface area contributed by atoms with E-state index in [0.29, 0.717) is 5.82 Å². The second-order valence-electron chi connectivity index (χ2n) is 4.28. The van der Waals surface area contributed by atoms with Gasteiger partial charge in [0.25, 0.3) is 0 Å². The number of pyridine rings is 1. The van der Waals surface area contributed by atoms with Crippen molar-refractivity contribution < 1.29 is 0 Å². The lowest BCUT2D eigenvalue weighted by atomic mass is 9.96. The number of hydrogen-bond donors (Lipinski definition) is 1. The molecule has 0 spiro atoms. The molecular weight excluding hydrogens is 186 g/mol. The minimum absolute atomic E-state index is 0.617. The molecule has 1 unspecified atom stereocenters. The fourth-order valence-electron chi connectivity index (χ4n) is 2.22. The van der Waals surface area contributed by atoms with Gasteiger partial charge in [0.05, 0.1) is 0 Å². The van der Waals surface area contributed by atoms with Gasteiger partial charge in [0.2, 0.25) is 0 Å². The molecule has 3 nitrogen and oxygen atoms in total. The van der Waals surface area contributed by atoms with Gasteiger partial charge < -0.3 is 10.6 Å². The van der Waals surface area contributed by atoms with Crippen LogP contribution in [-0.4, -0.2) is 18.1 Å². The van der Waals surface area contributed by atoms with Gasteiger partial charge in [-0.3, -0.25) is 0 Å². The summed E-state index contributed by atoms with van der Waals surface area (Å²) in [6.07, 6.45) is 3.89. The number of nitrogens with two attached hydrogens (primary N) is 1. The van der Waals surface area contributed by atoms with Crippen molar-refractivity contribution in [1.82, 2.24) is 4.98 Å². The molecule has 82 valence electrons. The standard InChI is InChI=1S/C12H19N3/c1-2-10-5-4-8-15(9-10)12-7-3-6-11(13)14-12/h3,6-7,10H,2,4-5,8-9H2,1H3,(H2,13,14). The zero-order valence-corrected chi connectivity index (χ0v) is 9.32. The maximum Gasteiger partial charge on any atom is 0.130 e. The molecule has 2 heterocycles. The van der Waals surface area contributed by atoms with Crippen LogP contribution in [0.1, 0.15) is 26.2 Å². The Kier molecular flexibility index (Phi) is 3.09. The quantitative estimate of drug-likeness (QED) is 0.805. The number of nitrogens with zero attached hydrogens (tertiary/aromatic N) is 2. The average Bonchev–Trinajstić information content (AvgIpc) is 2.29. The van der Waals surface area contributed by atoms with E-state index in [4.69, 9.17) is 5.73 Å². The summed E-state index contributed by atoms with van der Waals surface area (Å²) in [6.45, 7) is 4.51. The van der Waals surface area contributed by atoms with Crippen LogP contribution in [0.4, 0.5) is 11.6 Å². The highest BCUT2D eigenvalue weighted by molar-refractivity contribution is 5.45. The molecule has 0 aliphatic carbocycles. The van der Waals surface area contributed by atoms with Crippen molar-refractivity contribution in [3.63, 3.8) is 0 Å². The van der Waals surface area contributed by atoms with E-state index in [0.717, 1.165) is 24.8 Å². The second-order valence-corrected chi connectivity index (χ2v) is 4.28. The first-order chi connectivity index (χ1) is 7.29. The fourth-order valence-corrected chi connectivity index (χ4v) is 2.22. The van der Waals surface area contributed by atoms with Crippen molar-refractivity contribution >= 4 is 11.6 Å². The second kappa shape index (κ2) is 4.51. The Morgan fingerprint density at radius 3 is 3.13 bits per heavy atom. The highest BCUT2D eigenvalue weighted by Crippen LogP contribution is 2.23. The van der Waals surface area contributed by atoms with E-state index in [1.165, 1.54) is 19.3 Å². The maximum absolute atomic E-state index is 5.69. The number of hydrogen-bond acceptors (Lipinski definition) is 3. The molecule has 0 bridgehead atoms. The van der Waals surface area contributed by atoms with Crippen molar-refractivity contribution in [3.8, 4) is 0 Å². The smallest absolute Gasteiger partial charge is 0.130 e. The Morgan fingerprint density at radius 1 is 1.53 bits per heavy atom. The van der Waals surface area contributed by atoms with Crippen LogP contribution in [0.2, 0.25) is 0 Å². The van der Waals surface area contributed by atoms with E-state index in [2.05, 4.69) is 22.9 Å². The van der Waals surface area contributed by atoms with Crippen LogP contribution in [0.25, 0.3) is 0 Å². The molecule has 1 fully saturated rings. The first kappa shape index (κ1) is 10.3. The summed E-state index contributed by atoms with van der Waals surface area (Å²) >= 11 is 0. The summed E-state index contributed by atoms with van der Waals surface area (Å²) in [5, 5.41) is 0. The molecule has 3 heteroatoms. The topological polar surface area (TPSA) is 42.1 Å². The highest BCUT2D eigenvalue weighted by atomic mass is 15.2. The molecule has 1 aromatic heterocycles. The van der Waals surface area contributed by atoms with Gasteiger partial charge in [-0.2, -0.15) is 0 Å². The normalized spacial score (nSPS) is 21.7. The summed E-state index contributed by atoms with van der Waals surface area (Å²) in [6, 6.07) is 5.87. The van der Waals surface area contributed by atoms with E-state index in [9.17, 15) is 0 Å². The molecule has 1 atom stereocenters. The van der Waals surface area contributed by atoms with Crippen molar-refractivity contribution in [2.75, 3.05) is 23.7 Å². The van der Waals surface area contributed by atoms with Crippen LogP contribution in [0.5, 0.6) is 0 Å². The van der Waals surface area contributed by atoms with Gasteiger partial charge in [-0.25, -0.2) is 4.98 Å². The Balaban J connectivity index is 2.09. The summed E-state index contributed by atoms with van der Waals surface area (Å²) in [7, 11) is 0.